The van der Waals surface area contributed by atoms with E-state index in [1.807, 2.05) is 18.2 Å². The van der Waals surface area contributed by atoms with Gasteiger partial charge in [-0.2, -0.15) is 0 Å². The number of thiocarbonyl (C=S) groups is 1. The van der Waals surface area contributed by atoms with Crippen LogP contribution in [-0.4, -0.2) is 34.2 Å². The van der Waals surface area contributed by atoms with Crippen LogP contribution in [0, 0.1) is 0 Å². The molecule has 0 heterocycles. The quantitative estimate of drug-likeness (QED) is 0.789. The minimum Gasteiger partial charge on any atom is -0.395 e. The highest BCUT2D eigenvalue weighted by Gasteiger charge is 2.21. The van der Waals surface area contributed by atoms with E-state index in [4.69, 9.17) is 29.6 Å². The summed E-state index contributed by atoms with van der Waals surface area (Å²) in [7, 11) is 0. The van der Waals surface area contributed by atoms with Crippen molar-refractivity contribution in [3.8, 4) is 0 Å². The van der Waals surface area contributed by atoms with Gasteiger partial charge in [-0.25, -0.2) is 0 Å². The molecular weight excluding hydrogens is 304 g/mol. The molecule has 3 nitrogen and oxygen atoms in total. The monoisotopic (exact) mass is 326 g/mol. The number of benzene rings is 1. The molecule has 5 heteroatoms. The lowest BCUT2D eigenvalue weighted by Crippen LogP contribution is -2.38. The number of aliphatic hydroxyl groups excluding tert-OH is 1. The fourth-order valence-corrected chi connectivity index (χ4v) is 3.38. The van der Waals surface area contributed by atoms with Crippen LogP contribution < -0.4 is 5.73 Å². The van der Waals surface area contributed by atoms with Crippen molar-refractivity contribution in [2.24, 2.45) is 5.73 Å². The fourth-order valence-electron chi connectivity index (χ4n) is 3.01. The second-order valence-corrected chi connectivity index (χ2v) is 6.50. The number of hydrogen-bond acceptors (Lipinski definition) is 3. The number of rotatable bonds is 6. The van der Waals surface area contributed by atoms with Crippen LogP contribution in [0.4, 0.5) is 0 Å². The Morgan fingerprint density at radius 1 is 1.33 bits per heavy atom. The smallest absolute Gasteiger partial charge is 0.104 e. The van der Waals surface area contributed by atoms with E-state index < -0.39 is 0 Å². The first-order valence-corrected chi connectivity index (χ1v) is 8.33. The van der Waals surface area contributed by atoms with Gasteiger partial charge < -0.3 is 10.8 Å². The summed E-state index contributed by atoms with van der Waals surface area (Å²) in [6.45, 7) is 1.64. The van der Waals surface area contributed by atoms with Gasteiger partial charge in [0.2, 0.25) is 0 Å². The topological polar surface area (TPSA) is 49.5 Å². The van der Waals surface area contributed by atoms with Crippen molar-refractivity contribution in [1.29, 1.82) is 0 Å². The molecule has 1 aromatic carbocycles. The maximum Gasteiger partial charge on any atom is 0.104 e. The summed E-state index contributed by atoms with van der Waals surface area (Å²) < 4.78 is 0. The van der Waals surface area contributed by atoms with Crippen molar-refractivity contribution in [3.05, 3.63) is 34.3 Å². The van der Waals surface area contributed by atoms with Crippen molar-refractivity contribution in [2.45, 2.75) is 44.7 Å². The molecule has 0 saturated heterocycles. The maximum atomic E-state index is 9.32. The molecular formula is C16H23ClN2OS. The molecule has 21 heavy (non-hydrogen) atoms. The van der Waals surface area contributed by atoms with E-state index >= 15 is 0 Å². The van der Waals surface area contributed by atoms with Crippen LogP contribution in [0.25, 0.3) is 0 Å². The summed E-state index contributed by atoms with van der Waals surface area (Å²) in [4.78, 5) is 2.71. The minimum atomic E-state index is 0.180. The molecule has 1 saturated carbocycles. The lowest BCUT2D eigenvalue weighted by molar-refractivity contribution is 0.117. The van der Waals surface area contributed by atoms with Gasteiger partial charge in [0, 0.05) is 29.7 Å². The predicted octanol–water partition coefficient (Wildman–Crippen LogP) is 3.10. The van der Waals surface area contributed by atoms with Gasteiger partial charge in [-0.15, -0.1) is 0 Å². The van der Waals surface area contributed by atoms with E-state index in [9.17, 15) is 5.11 Å². The molecule has 0 aromatic heterocycles. The van der Waals surface area contributed by atoms with Gasteiger partial charge in [-0.1, -0.05) is 55.2 Å². The summed E-state index contributed by atoms with van der Waals surface area (Å²) in [6.07, 6.45) is 6.31. The molecule has 0 radical (unpaired) electrons. The predicted molar refractivity (Wildman–Crippen MR) is 91.7 cm³/mol. The highest BCUT2D eigenvalue weighted by Crippen LogP contribution is 2.26. The third-order valence-electron chi connectivity index (χ3n) is 4.19. The summed E-state index contributed by atoms with van der Waals surface area (Å²) in [5.74, 6) is 0. The third-order valence-corrected chi connectivity index (χ3v) is 4.78. The molecule has 0 bridgehead atoms. The first kappa shape index (κ1) is 16.7. The Morgan fingerprint density at radius 3 is 2.62 bits per heavy atom. The van der Waals surface area contributed by atoms with E-state index in [-0.39, 0.29) is 6.61 Å². The lowest BCUT2D eigenvalue weighted by Gasteiger charge is -2.34. The second-order valence-electron chi connectivity index (χ2n) is 5.66. The van der Waals surface area contributed by atoms with Crippen LogP contribution >= 0.6 is 23.8 Å². The zero-order chi connectivity index (χ0) is 15.2. The van der Waals surface area contributed by atoms with Crippen molar-refractivity contribution in [3.63, 3.8) is 0 Å². The molecule has 0 aliphatic heterocycles. The summed E-state index contributed by atoms with van der Waals surface area (Å²) >= 11 is 11.3. The Labute approximate surface area is 137 Å². The van der Waals surface area contributed by atoms with E-state index in [2.05, 4.69) is 4.90 Å². The van der Waals surface area contributed by atoms with Gasteiger partial charge in [0.25, 0.3) is 0 Å². The summed E-state index contributed by atoms with van der Waals surface area (Å²) in [6, 6.07) is 6.29. The van der Waals surface area contributed by atoms with Crippen molar-refractivity contribution >= 4 is 28.8 Å². The average Bonchev–Trinajstić information content (AvgIpc) is 2.49. The Kier molecular flexibility index (Phi) is 6.42. The number of aliphatic hydroxyl groups is 1. The second kappa shape index (κ2) is 8.08. The SMILES string of the molecule is NC(=S)c1ccc(CN(CCO)C2CCCCC2)c(Cl)c1. The highest BCUT2D eigenvalue weighted by molar-refractivity contribution is 7.80. The first-order valence-electron chi connectivity index (χ1n) is 7.55. The number of nitrogens with zero attached hydrogens (tertiary/aromatic N) is 1. The minimum absolute atomic E-state index is 0.180. The van der Waals surface area contributed by atoms with Crippen molar-refractivity contribution < 1.29 is 5.11 Å². The van der Waals surface area contributed by atoms with Gasteiger partial charge in [-0.3, -0.25) is 4.90 Å². The van der Waals surface area contributed by atoms with Crippen LogP contribution in [0.1, 0.15) is 43.2 Å². The zero-order valence-corrected chi connectivity index (χ0v) is 13.8. The molecule has 1 fully saturated rings. The average molecular weight is 327 g/mol. The standard InChI is InChI=1S/C16H23ClN2OS/c17-15-10-12(16(18)21)6-7-13(15)11-19(8-9-20)14-4-2-1-3-5-14/h6-7,10,14,20H,1-5,8-9,11H2,(H2,18,21). The largest absolute Gasteiger partial charge is 0.395 e. The lowest BCUT2D eigenvalue weighted by atomic mass is 9.94. The normalized spacial score (nSPS) is 16.3. The highest BCUT2D eigenvalue weighted by atomic mass is 35.5. The van der Waals surface area contributed by atoms with E-state index in [1.165, 1.54) is 32.1 Å². The van der Waals surface area contributed by atoms with Crippen LogP contribution in [0.5, 0.6) is 0 Å². The molecule has 2 rings (SSSR count). The van der Waals surface area contributed by atoms with Crippen LogP contribution in [0.2, 0.25) is 5.02 Å². The molecule has 0 atom stereocenters. The van der Waals surface area contributed by atoms with E-state index in [0.717, 1.165) is 17.7 Å². The molecule has 116 valence electrons. The van der Waals surface area contributed by atoms with Gasteiger partial charge in [0.1, 0.15) is 4.99 Å². The molecule has 1 aliphatic rings. The van der Waals surface area contributed by atoms with Crippen molar-refractivity contribution in [2.75, 3.05) is 13.2 Å². The molecule has 0 spiro atoms. The Bertz CT molecular complexity index is 489. The van der Waals surface area contributed by atoms with Gasteiger partial charge in [0.15, 0.2) is 0 Å². The number of nitrogens with two attached hydrogens (primary N) is 1. The van der Waals surface area contributed by atoms with E-state index in [0.29, 0.717) is 22.6 Å². The first-order chi connectivity index (χ1) is 10.1. The molecule has 0 unspecified atom stereocenters. The van der Waals surface area contributed by atoms with Crippen molar-refractivity contribution in [1.82, 2.24) is 4.90 Å². The number of halogens is 1. The van der Waals surface area contributed by atoms with Crippen LogP contribution in [0.15, 0.2) is 18.2 Å². The van der Waals surface area contributed by atoms with Crippen LogP contribution in [0.3, 0.4) is 0 Å². The maximum absolute atomic E-state index is 9.32. The zero-order valence-electron chi connectivity index (χ0n) is 12.2. The molecule has 0 amide bonds. The van der Waals surface area contributed by atoms with Gasteiger partial charge in [0.05, 0.1) is 6.61 Å². The molecule has 1 aliphatic carbocycles. The Hall–Kier alpha value is -0.680. The van der Waals surface area contributed by atoms with E-state index in [1.54, 1.807) is 0 Å². The third kappa shape index (κ3) is 4.65. The Morgan fingerprint density at radius 2 is 2.05 bits per heavy atom. The Balaban J connectivity index is 2.10. The summed E-state index contributed by atoms with van der Waals surface area (Å²) in [5.41, 5.74) is 7.49. The molecule has 1 aromatic rings. The number of hydrogen-bond donors (Lipinski definition) is 2. The summed E-state index contributed by atoms with van der Waals surface area (Å²) in [5, 5.41) is 10.0. The van der Waals surface area contributed by atoms with Gasteiger partial charge in [-0.05, 0) is 24.5 Å². The van der Waals surface area contributed by atoms with Crippen LogP contribution in [-0.2, 0) is 6.54 Å². The van der Waals surface area contributed by atoms with Gasteiger partial charge >= 0.3 is 0 Å². The molecule has 3 N–H and O–H groups in total. The fraction of sp³-hybridized carbons (Fsp3) is 0.562.